The molecule has 0 atom stereocenters. The van der Waals surface area contributed by atoms with E-state index >= 15 is 0 Å². The van der Waals surface area contributed by atoms with Crippen molar-refractivity contribution in [3.05, 3.63) is 94.0 Å². The van der Waals surface area contributed by atoms with Gasteiger partial charge in [-0.1, -0.05) is 111 Å². The van der Waals surface area contributed by atoms with Gasteiger partial charge in [-0.05, 0) is 36.8 Å². The van der Waals surface area contributed by atoms with Crippen molar-refractivity contribution in [2.45, 2.75) is 76.5 Å². The van der Waals surface area contributed by atoms with Crippen LogP contribution in [0.5, 0.6) is 17.2 Å². The van der Waals surface area contributed by atoms with Gasteiger partial charge in [-0.15, -0.1) is 0 Å². The molecule has 0 unspecified atom stereocenters. The van der Waals surface area contributed by atoms with E-state index in [0.717, 1.165) is 25.7 Å². The van der Waals surface area contributed by atoms with Crippen molar-refractivity contribution in [2.24, 2.45) is 0 Å². The number of aromatic hydroxyl groups is 1. The second kappa shape index (κ2) is 18.8. The molecule has 0 saturated heterocycles. The highest BCUT2D eigenvalue weighted by molar-refractivity contribution is 9.08. The van der Waals surface area contributed by atoms with E-state index in [9.17, 15) is 24.8 Å². The molecule has 0 aliphatic carbocycles. The molecule has 0 fully saturated rings. The second-order valence-corrected chi connectivity index (χ2v) is 12.4. The van der Waals surface area contributed by atoms with Crippen molar-refractivity contribution in [3.63, 3.8) is 0 Å². The van der Waals surface area contributed by atoms with Crippen molar-refractivity contribution in [2.75, 3.05) is 23.9 Å². The molecule has 0 radical (unpaired) electrons. The highest BCUT2D eigenvalue weighted by atomic mass is 79.9. The predicted molar refractivity (Wildman–Crippen MR) is 198 cm³/mol. The Hall–Kier alpha value is -4.64. The van der Waals surface area contributed by atoms with Crippen molar-refractivity contribution < 1.29 is 29.1 Å². The molecule has 4 aromatic rings. The third-order valence-electron chi connectivity index (χ3n) is 8.45. The fourth-order valence-corrected chi connectivity index (χ4v) is 6.22. The Kier molecular flexibility index (Phi) is 14.3. The number of benzene rings is 4. The van der Waals surface area contributed by atoms with Gasteiger partial charge in [0.25, 0.3) is 11.6 Å². The molecule has 49 heavy (non-hydrogen) atoms. The molecule has 0 heterocycles. The number of halogens is 1. The summed E-state index contributed by atoms with van der Waals surface area (Å²) in [6, 6.07) is 19.5. The molecular formula is C38H44BrN3O7. The lowest BCUT2D eigenvalue weighted by molar-refractivity contribution is -0.384. The molecule has 0 saturated carbocycles. The van der Waals surface area contributed by atoms with Gasteiger partial charge in [0.1, 0.15) is 17.2 Å². The van der Waals surface area contributed by atoms with Crippen LogP contribution in [-0.2, 0) is 5.33 Å². The summed E-state index contributed by atoms with van der Waals surface area (Å²) < 4.78 is 11.2. The summed E-state index contributed by atoms with van der Waals surface area (Å²) >= 11 is 3.35. The maximum Gasteiger partial charge on any atom is 0.419 e. The second-order valence-electron chi connectivity index (χ2n) is 11.9. The summed E-state index contributed by atoms with van der Waals surface area (Å²) in [7, 11) is 1.51. The molecule has 10 nitrogen and oxygen atoms in total. The van der Waals surface area contributed by atoms with Crippen LogP contribution in [-0.4, -0.2) is 35.7 Å². The highest BCUT2D eigenvalue weighted by Crippen LogP contribution is 2.37. The number of carbonyl (C=O) groups is 2. The van der Waals surface area contributed by atoms with E-state index in [1.165, 1.54) is 74.8 Å². The normalized spacial score (nSPS) is 10.9. The monoisotopic (exact) mass is 733 g/mol. The minimum Gasteiger partial charge on any atom is -0.506 e. The number of non-ortho nitro benzene ring substituents is 1. The Morgan fingerprint density at radius 3 is 2.22 bits per heavy atom. The SMILES string of the molecule is CCCCCCCCCCCCN(C(=O)Oc1ccc([N+](=O)[O-])cc1CBr)c1cccc2c(O)c(C(=O)Nc3ccccc3OC)ccc12. The molecule has 2 N–H and O–H groups in total. The van der Waals surface area contributed by atoms with Gasteiger partial charge in [-0.2, -0.15) is 0 Å². The van der Waals surface area contributed by atoms with Gasteiger partial charge in [0.2, 0.25) is 0 Å². The molecule has 0 aliphatic heterocycles. The van der Waals surface area contributed by atoms with E-state index in [2.05, 4.69) is 28.2 Å². The van der Waals surface area contributed by atoms with Crippen LogP contribution in [0.15, 0.2) is 72.8 Å². The Morgan fingerprint density at radius 1 is 0.857 bits per heavy atom. The van der Waals surface area contributed by atoms with Gasteiger partial charge in [-0.3, -0.25) is 19.8 Å². The lowest BCUT2D eigenvalue weighted by Crippen LogP contribution is -2.35. The van der Waals surface area contributed by atoms with Gasteiger partial charge < -0.3 is 19.9 Å². The summed E-state index contributed by atoms with van der Waals surface area (Å²) in [5.74, 6) is -0.0538. The first-order chi connectivity index (χ1) is 23.8. The number of para-hydroxylation sites is 2. The molecule has 2 amide bonds. The molecule has 4 aromatic carbocycles. The van der Waals surface area contributed by atoms with E-state index in [-0.39, 0.29) is 28.1 Å². The number of nitrogens with zero attached hydrogens (tertiary/aromatic N) is 2. The number of nitro benzene ring substituents is 1. The van der Waals surface area contributed by atoms with Crippen LogP contribution in [0.1, 0.15) is 87.1 Å². The number of carbonyl (C=O) groups excluding carboxylic acids is 2. The van der Waals surface area contributed by atoms with Gasteiger partial charge in [0, 0.05) is 40.3 Å². The van der Waals surface area contributed by atoms with Crippen LogP contribution in [0, 0.1) is 10.1 Å². The summed E-state index contributed by atoms with van der Waals surface area (Å²) in [5.41, 5.74) is 1.39. The Labute approximate surface area is 295 Å². The summed E-state index contributed by atoms with van der Waals surface area (Å²) in [6.07, 6.45) is 10.7. The minimum atomic E-state index is -0.656. The number of nitrogens with one attached hydrogen (secondary N) is 1. The van der Waals surface area contributed by atoms with Gasteiger partial charge in [-0.25, -0.2) is 4.79 Å². The molecule has 0 aliphatic rings. The Morgan fingerprint density at radius 2 is 1.55 bits per heavy atom. The molecule has 0 aromatic heterocycles. The fourth-order valence-electron chi connectivity index (χ4n) is 5.78. The Bertz CT molecular complexity index is 1750. The maximum absolute atomic E-state index is 13.9. The number of ether oxygens (including phenoxy) is 2. The van der Waals surface area contributed by atoms with Crippen LogP contribution in [0.2, 0.25) is 0 Å². The molecule has 0 bridgehead atoms. The number of fused-ring (bicyclic) bond motifs is 1. The number of phenols is 1. The quantitative estimate of drug-likeness (QED) is 0.0450. The van der Waals surface area contributed by atoms with E-state index in [0.29, 0.717) is 40.0 Å². The van der Waals surface area contributed by atoms with Crippen molar-refractivity contribution >= 4 is 55.8 Å². The van der Waals surface area contributed by atoms with Crippen molar-refractivity contribution in [3.8, 4) is 17.2 Å². The molecule has 260 valence electrons. The van der Waals surface area contributed by atoms with Crippen LogP contribution >= 0.6 is 15.9 Å². The largest absolute Gasteiger partial charge is 0.506 e. The number of hydrogen-bond acceptors (Lipinski definition) is 7. The zero-order chi connectivity index (χ0) is 35.2. The zero-order valence-electron chi connectivity index (χ0n) is 28.1. The van der Waals surface area contributed by atoms with Crippen LogP contribution in [0.3, 0.4) is 0 Å². The minimum absolute atomic E-state index is 0.0622. The first-order valence-electron chi connectivity index (χ1n) is 16.8. The van der Waals surface area contributed by atoms with Gasteiger partial charge in [0.05, 0.1) is 29.0 Å². The van der Waals surface area contributed by atoms with Crippen molar-refractivity contribution in [1.29, 1.82) is 0 Å². The average Bonchev–Trinajstić information content (AvgIpc) is 3.11. The topological polar surface area (TPSA) is 131 Å². The van der Waals surface area contributed by atoms with E-state index in [1.54, 1.807) is 48.5 Å². The molecule has 11 heteroatoms. The molecular weight excluding hydrogens is 690 g/mol. The Balaban J connectivity index is 1.58. The molecule has 0 spiro atoms. The van der Waals surface area contributed by atoms with E-state index in [1.807, 2.05) is 0 Å². The fraction of sp³-hybridized carbons (Fsp3) is 0.368. The number of anilines is 2. The first-order valence-corrected chi connectivity index (χ1v) is 17.9. The first kappa shape index (κ1) is 37.2. The number of phenolic OH excluding ortho intramolecular Hbond substituents is 1. The number of amides is 2. The van der Waals surface area contributed by atoms with E-state index < -0.39 is 16.9 Å². The zero-order valence-corrected chi connectivity index (χ0v) is 29.7. The number of unbranched alkanes of at least 4 members (excludes halogenated alkanes) is 9. The van der Waals surface area contributed by atoms with Crippen LogP contribution < -0.4 is 19.7 Å². The number of methoxy groups -OCH3 is 1. The van der Waals surface area contributed by atoms with Gasteiger partial charge in [0.15, 0.2) is 0 Å². The smallest absolute Gasteiger partial charge is 0.419 e. The maximum atomic E-state index is 13.9. The summed E-state index contributed by atoms with van der Waals surface area (Å²) in [5, 5.41) is 26.6. The lowest BCUT2D eigenvalue weighted by atomic mass is 10.0. The standard InChI is InChI=1S/C38H44BrN3O7/c1-3-4-5-6-7-8-9-10-11-14-24-41(38(45)49-34-23-20-28(42(46)47)25-27(34)26-39)33-18-15-16-30-29(33)21-22-31(36(30)43)37(44)40-32-17-12-13-19-35(32)48-2/h12-13,15-23,25,43H,3-11,14,24,26H2,1-2H3,(H,40,44). The third-order valence-corrected chi connectivity index (χ3v) is 9.06. The van der Waals surface area contributed by atoms with Crippen LogP contribution in [0.4, 0.5) is 21.9 Å². The number of rotatable bonds is 18. The number of nitro groups is 1. The summed E-state index contributed by atoms with van der Waals surface area (Å²) in [6.45, 7) is 2.56. The third kappa shape index (κ3) is 9.95. The lowest BCUT2D eigenvalue weighted by Gasteiger charge is -2.24. The van der Waals surface area contributed by atoms with Crippen LogP contribution in [0.25, 0.3) is 10.8 Å². The van der Waals surface area contributed by atoms with E-state index in [4.69, 9.17) is 9.47 Å². The number of hydrogen-bond donors (Lipinski definition) is 2. The summed E-state index contributed by atoms with van der Waals surface area (Å²) in [4.78, 5) is 39.5. The molecule has 4 rings (SSSR count). The van der Waals surface area contributed by atoms with Gasteiger partial charge >= 0.3 is 6.09 Å². The number of alkyl halides is 1. The average molecular weight is 735 g/mol. The van der Waals surface area contributed by atoms with Crippen molar-refractivity contribution in [1.82, 2.24) is 0 Å². The highest BCUT2D eigenvalue weighted by Gasteiger charge is 2.24. The predicted octanol–water partition coefficient (Wildman–Crippen LogP) is 10.5.